The van der Waals surface area contributed by atoms with Crippen molar-refractivity contribution in [2.24, 2.45) is 5.92 Å². The summed E-state index contributed by atoms with van der Waals surface area (Å²) in [6.45, 7) is 6.23. The van der Waals surface area contributed by atoms with E-state index in [1.54, 1.807) is 0 Å². The van der Waals surface area contributed by atoms with Gasteiger partial charge in [-0.05, 0) is 12.3 Å². The number of halogens is 16. The van der Waals surface area contributed by atoms with Gasteiger partial charge in [0.05, 0.1) is 80.7 Å². The van der Waals surface area contributed by atoms with E-state index >= 15 is 0 Å². The monoisotopic (exact) mass is 884 g/mol. The molecule has 0 bridgehead atoms. The van der Waals surface area contributed by atoms with Gasteiger partial charge in [0.15, 0.2) is 0 Å². The number of alkyl halides is 16. The molecule has 0 amide bonds. The molecule has 0 saturated heterocycles. The highest BCUT2D eigenvalue weighted by atomic mass is 35.5. The minimum Gasteiger partial charge on any atom is -0.361 e. The van der Waals surface area contributed by atoms with Gasteiger partial charge in [-0.2, -0.15) is 0 Å². The molecular formula is C23H32Cl16O. The largest absolute Gasteiger partial charge is 0.361 e. The van der Waals surface area contributed by atoms with Crippen LogP contribution in [0.1, 0.15) is 33.6 Å². The van der Waals surface area contributed by atoms with E-state index in [-0.39, 0.29) is 5.92 Å². The lowest BCUT2D eigenvalue weighted by molar-refractivity contribution is 0.101. The molecule has 0 rings (SSSR count). The minimum atomic E-state index is -1.04. The van der Waals surface area contributed by atoms with Gasteiger partial charge in [0.2, 0.25) is 0 Å². The molecular weight excluding hydrogens is 859 g/mol. The van der Waals surface area contributed by atoms with E-state index in [0.717, 1.165) is 12.8 Å². The van der Waals surface area contributed by atoms with E-state index in [9.17, 15) is 0 Å². The Balaban J connectivity index is 5.30. The standard InChI is InChI=1S/C23H32Cl16O/c1-4-5-6-40-23(39)22(38)21(37)20(36)19(35)18(34)17(33)16(32)15(31)14(30)13(29)12(28)11(27)10(26)9(25)8(24)7(2)3/h7-23H,4-6H2,1-3H3. The van der Waals surface area contributed by atoms with Crippen LogP contribution in [0.25, 0.3) is 0 Å². The number of unbranched alkanes of at least 4 members (excludes halogenated alkanes) is 1. The molecule has 0 radical (unpaired) electrons. The molecule has 0 aliphatic heterocycles. The fraction of sp³-hybridized carbons (Fsp3) is 1.00. The second-order valence-electron chi connectivity index (χ2n) is 9.49. The van der Waals surface area contributed by atoms with Crippen molar-refractivity contribution >= 4 is 186 Å². The molecule has 0 heterocycles. The van der Waals surface area contributed by atoms with Crippen LogP contribution >= 0.6 is 186 Å². The van der Waals surface area contributed by atoms with Crippen molar-refractivity contribution in [3.63, 3.8) is 0 Å². The minimum absolute atomic E-state index is 0.0438. The smallest absolute Gasteiger partial charge is 0.148 e. The number of rotatable bonds is 20. The van der Waals surface area contributed by atoms with Crippen LogP contribution in [-0.2, 0) is 4.74 Å². The molecule has 17 heteroatoms. The first kappa shape index (κ1) is 44.6. The summed E-state index contributed by atoms with van der Waals surface area (Å²) in [7, 11) is 0. The van der Waals surface area contributed by atoms with Gasteiger partial charge in [-0.25, -0.2) is 0 Å². The van der Waals surface area contributed by atoms with Crippen LogP contribution in [0, 0.1) is 5.92 Å². The average molecular weight is 892 g/mol. The van der Waals surface area contributed by atoms with E-state index in [0.29, 0.717) is 6.61 Å². The molecule has 0 fully saturated rings. The number of hydrogen-bond donors (Lipinski definition) is 0. The van der Waals surface area contributed by atoms with Gasteiger partial charge in [0.25, 0.3) is 0 Å². The maximum atomic E-state index is 6.57. The summed E-state index contributed by atoms with van der Waals surface area (Å²) in [4.78, 5) is 0. The molecule has 0 aliphatic carbocycles. The predicted octanol–water partition coefficient (Wildman–Crippen LogP) is 12.1. The van der Waals surface area contributed by atoms with Crippen molar-refractivity contribution in [1.29, 1.82) is 0 Å². The Labute approximate surface area is 319 Å². The molecule has 0 spiro atoms. The zero-order chi connectivity index (χ0) is 31.6. The summed E-state index contributed by atoms with van der Waals surface area (Å²) >= 11 is 104. The SMILES string of the molecule is CCCCOC(Cl)C(Cl)C(Cl)C(Cl)C(Cl)C(Cl)C(Cl)C(Cl)C(Cl)C(Cl)C(Cl)C(Cl)C(Cl)C(Cl)C(Cl)C(Cl)C(C)C. The Morgan fingerprint density at radius 1 is 0.375 bits per heavy atom. The predicted molar refractivity (Wildman–Crippen MR) is 190 cm³/mol. The molecule has 0 saturated carbocycles. The molecule has 0 aromatic carbocycles. The molecule has 242 valence electrons. The third kappa shape index (κ3) is 13.6. The Bertz CT molecular complexity index is 679. The summed E-state index contributed by atoms with van der Waals surface area (Å²) in [5, 5.41) is -13.8. The van der Waals surface area contributed by atoms with Gasteiger partial charge in [0, 0.05) is 6.61 Å². The van der Waals surface area contributed by atoms with Crippen LogP contribution in [0.2, 0.25) is 0 Å². The highest BCUT2D eigenvalue weighted by molar-refractivity contribution is 6.46. The Kier molecular flexibility index (Phi) is 24.8. The van der Waals surface area contributed by atoms with E-state index < -0.39 is 86.2 Å². The van der Waals surface area contributed by atoms with Crippen LogP contribution in [0.15, 0.2) is 0 Å². The fourth-order valence-electron chi connectivity index (χ4n) is 3.23. The number of ether oxygens (including phenoxy) is 1. The first-order valence-electron chi connectivity index (χ1n) is 12.2. The topological polar surface area (TPSA) is 9.23 Å². The van der Waals surface area contributed by atoms with Crippen molar-refractivity contribution in [3.05, 3.63) is 0 Å². The van der Waals surface area contributed by atoms with Crippen molar-refractivity contribution in [3.8, 4) is 0 Å². The fourth-order valence-corrected chi connectivity index (χ4v) is 9.09. The van der Waals surface area contributed by atoms with E-state index in [2.05, 4.69) is 0 Å². The molecule has 16 unspecified atom stereocenters. The highest BCUT2D eigenvalue weighted by Crippen LogP contribution is 2.39. The zero-order valence-corrected chi connectivity index (χ0v) is 33.5. The van der Waals surface area contributed by atoms with Crippen LogP contribution in [0.5, 0.6) is 0 Å². The van der Waals surface area contributed by atoms with Gasteiger partial charge < -0.3 is 4.74 Å². The van der Waals surface area contributed by atoms with Crippen LogP contribution in [0.3, 0.4) is 0 Å². The lowest BCUT2D eigenvalue weighted by atomic mass is 9.99. The summed E-state index contributed by atoms with van der Waals surface area (Å²) in [6, 6.07) is 0. The van der Waals surface area contributed by atoms with Gasteiger partial charge >= 0.3 is 0 Å². The normalized spacial score (nSPS) is 24.9. The first-order valence-corrected chi connectivity index (χ1v) is 19.2. The number of hydrogen-bond acceptors (Lipinski definition) is 1. The van der Waals surface area contributed by atoms with Crippen LogP contribution < -0.4 is 0 Å². The lowest BCUT2D eigenvalue weighted by Crippen LogP contribution is -2.49. The van der Waals surface area contributed by atoms with Crippen molar-refractivity contribution in [2.75, 3.05) is 6.61 Å². The first-order chi connectivity index (χ1) is 18.3. The zero-order valence-electron chi connectivity index (χ0n) is 21.4. The lowest BCUT2D eigenvalue weighted by Gasteiger charge is -2.35. The maximum Gasteiger partial charge on any atom is 0.148 e. The summed E-state index contributed by atoms with van der Waals surface area (Å²) in [5.74, 6) is 0.0438. The Morgan fingerprint density at radius 2 is 0.600 bits per heavy atom. The molecule has 0 N–H and O–H groups in total. The van der Waals surface area contributed by atoms with Crippen molar-refractivity contribution in [1.82, 2.24) is 0 Å². The third-order valence-corrected chi connectivity index (χ3v) is 16.6. The maximum absolute atomic E-state index is 6.57. The molecule has 40 heavy (non-hydrogen) atoms. The van der Waals surface area contributed by atoms with Gasteiger partial charge in [-0.3, -0.25) is 0 Å². The second-order valence-corrected chi connectivity index (χ2v) is 17.5. The van der Waals surface area contributed by atoms with Crippen LogP contribution in [-0.4, -0.2) is 92.8 Å². The molecule has 0 aliphatic rings. The van der Waals surface area contributed by atoms with Gasteiger partial charge in [-0.1, -0.05) is 38.8 Å². The quantitative estimate of drug-likeness (QED) is 0.0874. The molecule has 1 nitrogen and oxygen atoms in total. The van der Waals surface area contributed by atoms with Crippen molar-refractivity contribution < 1.29 is 4.74 Å². The molecule has 0 aromatic heterocycles. The van der Waals surface area contributed by atoms with E-state index in [4.69, 9.17) is 190 Å². The van der Waals surface area contributed by atoms with Crippen molar-refractivity contribution in [2.45, 2.75) is 120 Å². The third-order valence-electron chi connectivity index (χ3n) is 5.92. The Hall–Kier alpha value is 4.60. The van der Waals surface area contributed by atoms with Gasteiger partial charge in [-0.15, -0.1) is 174 Å². The van der Waals surface area contributed by atoms with E-state index in [1.165, 1.54) is 0 Å². The summed E-state index contributed by atoms with van der Waals surface area (Å²) in [5.41, 5.74) is -0.899. The molecule has 0 aromatic rings. The highest BCUT2D eigenvalue weighted by Gasteiger charge is 2.46. The summed E-state index contributed by atoms with van der Waals surface area (Å²) < 4.78 is 5.49. The van der Waals surface area contributed by atoms with E-state index in [1.807, 2.05) is 20.8 Å². The molecule has 16 atom stereocenters. The van der Waals surface area contributed by atoms with Crippen LogP contribution in [0.4, 0.5) is 0 Å². The second kappa shape index (κ2) is 22.3. The Morgan fingerprint density at radius 3 is 0.825 bits per heavy atom. The van der Waals surface area contributed by atoms with Gasteiger partial charge in [0.1, 0.15) is 5.56 Å². The summed E-state index contributed by atoms with van der Waals surface area (Å²) in [6.07, 6.45) is 1.73. The average Bonchev–Trinajstić information content (AvgIpc) is 2.94.